The Hall–Kier alpha value is -1.22. The molecule has 25 heavy (non-hydrogen) atoms. The predicted octanol–water partition coefficient (Wildman–Crippen LogP) is 6.28. The molecule has 2 unspecified atom stereocenters. The van der Waals surface area contributed by atoms with Gasteiger partial charge in [0.1, 0.15) is 17.1 Å². The lowest BCUT2D eigenvalue weighted by Crippen LogP contribution is -2.45. The molecule has 0 saturated carbocycles. The number of halogens is 1. The first-order chi connectivity index (χ1) is 11.9. The third-order valence-corrected chi connectivity index (χ3v) is 6.15. The number of alkyl halides is 1. The number of ether oxygens (including phenoxy) is 1. The predicted molar refractivity (Wildman–Crippen MR) is 108 cm³/mol. The molecule has 2 aliphatic rings. The van der Waals surface area contributed by atoms with Crippen molar-refractivity contribution < 1.29 is 9.84 Å². The molecule has 2 nitrogen and oxygen atoms in total. The quantitative estimate of drug-likeness (QED) is 0.355. The Kier molecular flexibility index (Phi) is 5.62. The molecular weight excluding hydrogens is 376 g/mol. The van der Waals surface area contributed by atoms with Crippen LogP contribution in [0.1, 0.15) is 63.5 Å². The zero-order valence-electron chi connectivity index (χ0n) is 15.5. The SMILES string of the molecule is CC1=CCC2C(C1)c1c(O)cc(C/C=C/CCCBr)cc1OC2(C)C. The van der Waals surface area contributed by atoms with Gasteiger partial charge in [-0.1, -0.05) is 39.7 Å². The highest BCUT2D eigenvalue weighted by molar-refractivity contribution is 9.09. The van der Waals surface area contributed by atoms with Crippen molar-refractivity contribution in [3.05, 3.63) is 47.1 Å². The minimum absolute atomic E-state index is 0.203. The number of allylic oxidation sites excluding steroid dienone is 4. The van der Waals surface area contributed by atoms with Crippen molar-refractivity contribution >= 4 is 15.9 Å². The molecular formula is C22H29BrO2. The molecule has 2 atom stereocenters. The molecule has 0 spiro atoms. The van der Waals surface area contributed by atoms with Crippen LogP contribution in [0.15, 0.2) is 35.9 Å². The van der Waals surface area contributed by atoms with Crippen molar-refractivity contribution in [3.8, 4) is 11.5 Å². The fourth-order valence-corrected chi connectivity index (χ4v) is 4.59. The summed E-state index contributed by atoms with van der Waals surface area (Å²) in [6, 6.07) is 4.07. The number of benzene rings is 1. The van der Waals surface area contributed by atoms with E-state index >= 15 is 0 Å². The van der Waals surface area contributed by atoms with E-state index in [-0.39, 0.29) is 5.60 Å². The van der Waals surface area contributed by atoms with Crippen LogP contribution in [0.3, 0.4) is 0 Å². The Morgan fingerprint density at radius 1 is 1.32 bits per heavy atom. The number of rotatable bonds is 5. The normalized spacial score (nSPS) is 24.4. The Bertz CT molecular complexity index is 688. The second kappa shape index (κ2) is 7.57. The number of fused-ring (bicyclic) bond motifs is 3. The number of aromatic hydroxyl groups is 1. The number of phenolic OH excluding ortho intramolecular Hbond substituents is 1. The van der Waals surface area contributed by atoms with Crippen LogP contribution in [-0.2, 0) is 6.42 Å². The fraction of sp³-hybridized carbons (Fsp3) is 0.545. The van der Waals surface area contributed by atoms with Crippen molar-refractivity contribution in [2.45, 2.75) is 64.4 Å². The molecule has 0 fully saturated rings. The van der Waals surface area contributed by atoms with Crippen LogP contribution in [0.2, 0.25) is 0 Å². The van der Waals surface area contributed by atoms with E-state index in [1.54, 1.807) is 0 Å². The van der Waals surface area contributed by atoms with Crippen LogP contribution in [0, 0.1) is 5.92 Å². The van der Waals surface area contributed by atoms with Crippen molar-refractivity contribution in [2.24, 2.45) is 5.92 Å². The highest BCUT2D eigenvalue weighted by atomic mass is 79.9. The zero-order chi connectivity index (χ0) is 18.0. The molecule has 0 bridgehead atoms. The second-order valence-corrected chi connectivity index (χ2v) is 8.74. The van der Waals surface area contributed by atoms with E-state index in [4.69, 9.17) is 4.74 Å². The Balaban J connectivity index is 1.88. The van der Waals surface area contributed by atoms with Crippen LogP contribution in [0.25, 0.3) is 0 Å². The maximum Gasteiger partial charge on any atom is 0.127 e. The molecule has 1 aliphatic carbocycles. The lowest BCUT2D eigenvalue weighted by molar-refractivity contribution is 0.00754. The van der Waals surface area contributed by atoms with E-state index in [1.807, 2.05) is 6.07 Å². The molecule has 3 heteroatoms. The first kappa shape index (κ1) is 18.6. The van der Waals surface area contributed by atoms with E-state index in [1.165, 1.54) is 5.57 Å². The first-order valence-electron chi connectivity index (χ1n) is 9.33. The van der Waals surface area contributed by atoms with Gasteiger partial charge in [0.25, 0.3) is 0 Å². The average Bonchev–Trinajstić information content (AvgIpc) is 2.53. The number of phenols is 1. The van der Waals surface area contributed by atoms with Gasteiger partial charge in [0, 0.05) is 22.7 Å². The lowest BCUT2D eigenvalue weighted by Gasteiger charge is -2.47. The number of unbranched alkanes of at least 4 members (excludes halogenated alkanes) is 1. The van der Waals surface area contributed by atoms with Crippen LogP contribution >= 0.6 is 15.9 Å². The summed E-state index contributed by atoms with van der Waals surface area (Å²) in [6.07, 6.45) is 11.9. The van der Waals surface area contributed by atoms with Gasteiger partial charge in [-0.25, -0.2) is 0 Å². The van der Waals surface area contributed by atoms with Crippen molar-refractivity contribution in [1.29, 1.82) is 0 Å². The largest absolute Gasteiger partial charge is 0.508 e. The number of hydrogen-bond acceptors (Lipinski definition) is 2. The number of hydrogen-bond donors (Lipinski definition) is 1. The van der Waals surface area contributed by atoms with Crippen molar-refractivity contribution in [3.63, 3.8) is 0 Å². The maximum atomic E-state index is 10.7. The van der Waals surface area contributed by atoms with Gasteiger partial charge in [-0.3, -0.25) is 0 Å². The summed E-state index contributed by atoms with van der Waals surface area (Å²) >= 11 is 3.45. The first-order valence-corrected chi connectivity index (χ1v) is 10.5. The van der Waals surface area contributed by atoms with E-state index in [9.17, 15) is 5.11 Å². The third kappa shape index (κ3) is 3.97. The van der Waals surface area contributed by atoms with Crippen molar-refractivity contribution in [2.75, 3.05) is 5.33 Å². The monoisotopic (exact) mass is 404 g/mol. The standard InChI is InChI=1S/C22H29BrO2/c1-15-9-10-18-17(12-15)21-19(24)13-16(8-6-4-5-7-11-23)14-20(21)25-22(18,2)3/h4,6,9,13-14,17-18,24H,5,7-8,10-12H2,1-3H3/b6-4+. The van der Waals surface area contributed by atoms with Gasteiger partial charge in [-0.05, 0) is 70.6 Å². The Morgan fingerprint density at radius 3 is 2.88 bits per heavy atom. The van der Waals surface area contributed by atoms with Crippen molar-refractivity contribution in [1.82, 2.24) is 0 Å². The Labute approximate surface area is 160 Å². The molecule has 136 valence electrons. The van der Waals surface area contributed by atoms with Gasteiger partial charge in [-0.2, -0.15) is 0 Å². The minimum Gasteiger partial charge on any atom is -0.508 e. The van der Waals surface area contributed by atoms with E-state index in [0.29, 0.717) is 17.6 Å². The molecule has 1 aromatic carbocycles. The third-order valence-electron chi connectivity index (χ3n) is 5.59. The second-order valence-electron chi connectivity index (χ2n) is 7.94. The minimum atomic E-state index is -0.203. The van der Waals surface area contributed by atoms with Gasteiger partial charge in [-0.15, -0.1) is 0 Å². The van der Waals surface area contributed by atoms with Crippen LogP contribution in [0.5, 0.6) is 11.5 Å². The van der Waals surface area contributed by atoms with E-state index < -0.39 is 0 Å². The summed E-state index contributed by atoms with van der Waals surface area (Å²) in [5.74, 6) is 2.06. The van der Waals surface area contributed by atoms with Gasteiger partial charge in [0.05, 0.1) is 0 Å². The molecule has 0 radical (unpaired) electrons. The topological polar surface area (TPSA) is 29.5 Å². The van der Waals surface area contributed by atoms with E-state index in [2.05, 4.69) is 61.0 Å². The highest BCUT2D eigenvalue weighted by Gasteiger charge is 2.45. The summed E-state index contributed by atoms with van der Waals surface area (Å²) in [6.45, 7) is 6.57. The van der Waals surface area contributed by atoms with Crippen LogP contribution in [0.4, 0.5) is 0 Å². The smallest absolute Gasteiger partial charge is 0.127 e. The maximum absolute atomic E-state index is 10.7. The summed E-state index contributed by atoms with van der Waals surface area (Å²) < 4.78 is 6.37. The average molecular weight is 405 g/mol. The molecule has 0 aromatic heterocycles. The fourth-order valence-electron chi connectivity index (χ4n) is 4.27. The van der Waals surface area contributed by atoms with E-state index in [0.717, 1.165) is 54.3 Å². The lowest BCUT2D eigenvalue weighted by atomic mass is 9.67. The summed E-state index contributed by atoms with van der Waals surface area (Å²) in [4.78, 5) is 0. The van der Waals surface area contributed by atoms with Crippen LogP contribution in [-0.4, -0.2) is 16.0 Å². The summed E-state index contributed by atoms with van der Waals surface area (Å²) in [5, 5.41) is 11.8. The van der Waals surface area contributed by atoms with Gasteiger partial charge in [0.15, 0.2) is 0 Å². The molecule has 1 N–H and O–H groups in total. The van der Waals surface area contributed by atoms with Gasteiger partial charge >= 0.3 is 0 Å². The zero-order valence-corrected chi connectivity index (χ0v) is 17.1. The van der Waals surface area contributed by atoms with Crippen LogP contribution < -0.4 is 4.74 Å². The van der Waals surface area contributed by atoms with Gasteiger partial charge in [0.2, 0.25) is 0 Å². The van der Waals surface area contributed by atoms with Gasteiger partial charge < -0.3 is 9.84 Å². The molecule has 3 rings (SSSR count). The summed E-state index contributed by atoms with van der Waals surface area (Å²) in [7, 11) is 0. The molecule has 0 saturated heterocycles. The highest BCUT2D eigenvalue weighted by Crippen LogP contribution is 2.54. The molecule has 1 aliphatic heterocycles. The molecule has 1 aromatic rings. The molecule has 0 amide bonds. The Morgan fingerprint density at radius 2 is 2.12 bits per heavy atom. The summed E-state index contributed by atoms with van der Waals surface area (Å²) in [5.41, 5.74) is 3.35. The molecule has 1 heterocycles.